The van der Waals surface area contributed by atoms with Crippen molar-refractivity contribution in [3.63, 3.8) is 0 Å². The smallest absolute Gasteiger partial charge is 0.333 e. The standard InChI is InChI=1S/C22H21NO2/c1-4-25-22(24)16(3)13-17-9-10-20-19(11-12-23-21(20)14-17)18-8-6-5-7-15(18)2/h5-14H,4H2,1-3H3/b16-13+. The van der Waals surface area contributed by atoms with Crippen molar-refractivity contribution in [2.24, 2.45) is 0 Å². The van der Waals surface area contributed by atoms with E-state index < -0.39 is 0 Å². The van der Waals surface area contributed by atoms with Crippen molar-refractivity contribution in [3.05, 3.63) is 71.4 Å². The lowest BCUT2D eigenvalue weighted by molar-refractivity contribution is -0.138. The molecule has 3 nitrogen and oxygen atoms in total. The van der Waals surface area contributed by atoms with Gasteiger partial charge in [-0.1, -0.05) is 36.4 Å². The Balaban J connectivity index is 2.05. The van der Waals surface area contributed by atoms with E-state index in [1.54, 1.807) is 13.8 Å². The van der Waals surface area contributed by atoms with Crippen molar-refractivity contribution in [2.75, 3.05) is 6.61 Å². The third kappa shape index (κ3) is 3.61. The summed E-state index contributed by atoms with van der Waals surface area (Å²) in [7, 11) is 0. The first-order valence-electron chi connectivity index (χ1n) is 8.40. The summed E-state index contributed by atoms with van der Waals surface area (Å²) in [6, 6.07) is 16.5. The topological polar surface area (TPSA) is 39.2 Å². The summed E-state index contributed by atoms with van der Waals surface area (Å²) in [5.41, 5.74) is 6.04. The zero-order chi connectivity index (χ0) is 17.8. The maximum atomic E-state index is 11.8. The molecule has 1 aromatic heterocycles. The highest BCUT2D eigenvalue weighted by atomic mass is 16.5. The molecule has 0 aliphatic rings. The average molecular weight is 331 g/mol. The molecule has 1 heterocycles. The van der Waals surface area contributed by atoms with E-state index in [1.807, 2.05) is 36.5 Å². The lowest BCUT2D eigenvalue weighted by atomic mass is 9.96. The molecule has 0 fully saturated rings. The van der Waals surface area contributed by atoms with E-state index in [4.69, 9.17) is 4.74 Å². The van der Waals surface area contributed by atoms with Gasteiger partial charge in [0.1, 0.15) is 0 Å². The summed E-state index contributed by atoms with van der Waals surface area (Å²) in [5, 5.41) is 1.10. The largest absolute Gasteiger partial charge is 0.463 e. The van der Waals surface area contributed by atoms with Crippen molar-refractivity contribution < 1.29 is 9.53 Å². The predicted octanol–water partition coefficient (Wildman–Crippen LogP) is 5.18. The number of hydrogen-bond acceptors (Lipinski definition) is 3. The van der Waals surface area contributed by atoms with Crippen LogP contribution in [-0.2, 0) is 9.53 Å². The van der Waals surface area contributed by atoms with Gasteiger partial charge in [0.15, 0.2) is 0 Å². The molecule has 0 unspecified atom stereocenters. The quantitative estimate of drug-likeness (QED) is 0.488. The van der Waals surface area contributed by atoms with Crippen LogP contribution in [0, 0.1) is 6.92 Å². The number of rotatable bonds is 4. The number of hydrogen-bond donors (Lipinski definition) is 0. The summed E-state index contributed by atoms with van der Waals surface area (Å²) < 4.78 is 5.03. The van der Waals surface area contributed by atoms with Crippen LogP contribution < -0.4 is 0 Å². The van der Waals surface area contributed by atoms with Gasteiger partial charge in [0.25, 0.3) is 0 Å². The van der Waals surface area contributed by atoms with Crippen molar-refractivity contribution in [2.45, 2.75) is 20.8 Å². The highest BCUT2D eigenvalue weighted by Crippen LogP contribution is 2.30. The summed E-state index contributed by atoms with van der Waals surface area (Å²) in [6.07, 6.45) is 3.66. The Labute approximate surface area is 148 Å². The number of carbonyl (C=O) groups excluding carboxylic acids is 1. The minimum absolute atomic E-state index is 0.288. The van der Waals surface area contributed by atoms with Crippen molar-refractivity contribution in [1.29, 1.82) is 0 Å². The maximum absolute atomic E-state index is 11.8. The van der Waals surface area contributed by atoms with E-state index in [-0.39, 0.29) is 5.97 Å². The number of carbonyl (C=O) groups is 1. The zero-order valence-electron chi connectivity index (χ0n) is 14.7. The van der Waals surface area contributed by atoms with Crippen LogP contribution in [0.5, 0.6) is 0 Å². The minimum Gasteiger partial charge on any atom is -0.463 e. The maximum Gasteiger partial charge on any atom is 0.333 e. The molecule has 25 heavy (non-hydrogen) atoms. The molecule has 0 aliphatic carbocycles. The van der Waals surface area contributed by atoms with E-state index in [9.17, 15) is 4.79 Å². The third-order valence-corrected chi connectivity index (χ3v) is 4.18. The van der Waals surface area contributed by atoms with E-state index in [1.165, 1.54) is 16.7 Å². The molecule has 2 aromatic carbocycles. The highest BCUT2D eigenvalue weighted by Gasteiger charge is 2.08. The molecule has 0 N–H and O–H groups in total. The van der Waals surface area contributed by atoms with Crippen LogP contribution in [0.2, 0.25) is 0 Å². The van der Waals surface area contributed by atoms with E-state index in [0.717, 1.165) is 16.5 Å². The zero-order valence-corrected chi connectivity index (χ0v) is 14.7. The molecule has 3 rings (SSSR count). The number of aromatic nitrogens is 1. The van der Waals surface area contributed by atoms with Gasteiger partial charge in [0.05, 0.1) is 12.1 Å². The van der Waals surface area contributed by atoms with Crippen molar-refractivity contribution >= 4 is 22.9 Å². The fourth-order valence-electron chi connectivity index (χ4n) is 2.92. The predicted molar refractivity (Wildman–Crippen MR) is 102 cm³/mol. The number of benzene rings is 2. The third-order valence-electron chi connectivity index (χ3n) is 4.18. The Hall–Kier alpha value is -2.94. The van der Waals surface area contributed by atoms with Crippen LogP contribution in [0.25, 0.3) is 28.1 Å². The first kappa shape index (κ1) is 16.9. The number of esters is 1. The molecule has 0 atom stereocenters. The summed E-state index contributed by atoms with van der Waals surface area (Å²) in [6.45, 7) is 6.06. The Bertz CT molecular complexity index is 957. The van der Waals surface area contributed by atoms with Gasteiger partial charge in [-0.3, -0.25) is 4.98 Å². The Morgan fingerprint density at radius 2 is 1.92 bits per heavy atom. The number of nitrogens with zero attached hydrogens (tertiary/aromatic N) is 1. The Kier molecular flexibility index (Phi) is 4.94. The summed E-state index contributed by atoms with van der Waals surface area (Å²) in [4.78, 5) is 16.3. The fraction of sp³-hybridized carbons (Fsp3) is 0.182. The van der Waals surface area contributed by atoms with E-state index in [2.05, 4.69) is 36.2 Å². The lowest BCUT2D eigenvalue weighted by Gasteiger charge is -2.10. The Morgan fingerprint density at radius 1 is 1.12 bits per heavy atom. The van der Waals surface area contributed by atoms with Gasteiger partial charge in [-0.2, -0.15) is 0 Å². The molecule has 3 heteroatoms. The van der Waals surface area contributed by atoms with Gasteiger partial charge in [0.2, 0.25) is 0 Å². The summed E-state index contributed by atoms with van der Waals surface area (Å²) in [5.74, 6) is -0.288. The van der Waals surface area contributed by atoms with Crippen LogP contribution in [0.1, 0.15) is 25.0 Å². The molecule has 0 radical (unpaired) electrons. The van der Waals surface area contributed by atoms with Crippen LogP contribution in [0.4, 0.5) is 0 Å². The molecular weight excluding hydrogens is 310 g/mol. The van der Waals surface area contributed by atoms with Crippen LogP contribution in [-0.4, -0.2) is 17.6 Å². The van der Waals surface area contributed by atoms with Crippen molar-refractivity contribution in [1.82, 2.24) is 4.98 Å². The first-order chi connectivity index (χ1) is 12.1. The molecule has 0 spiro atoms. The van der Waals surface area contributed by atoms with Crippen LogP contribution >= 0.6 is 0 Å². The molecule has 0 amide bonds. The molecule has 0 bridgehead atoms. The second-order valence-corrected chi connectivity index (χ2v) is 6.00. The summed E-state index contributed by atoms with van der Waals surface area (Å²) >= 11 is 0. The number of pyridine rings is 1. The molecule has 0 aliphatic heterocycles. The second-order valence-electron chi connectivity index (χ2n) is 6.00. The van der Waals surface area contributed by atoms with Gasteiger partial charge in [-0.25, -0.2) is 4.79 Å². The molecule has 3 aromatic rings. The normalized spacial score (nSPS) is 11.6. The van der Waals surface area contributed by atoms with E-state index in [0.29, 0.717) is 12.2 Å². The molecule has 0 saturated heterocycles. The number of aryl methyl sites for hydroxylation is 1. The SMILES string of the molecule is CCOC(=O)/C(C)=C/c1ccc2c(-c3ccccc3C)ccnc2c1. The molecule has 126 valence electrons. The second kappa shape index (κ2) is 7.31. The van der Waals surface area contributed by atoms with Crippen LogP contribution in [0.3, 0.4) is 0 Å². The van der Waals surface area contributed by atoms with Gasteiger partial charge >= 0.3 is 5.97 Å². The van der Waals surface area contributed by atoms with Crippen molar-refractivity contribution in [3.8, 4) is 11.1 Å². The average Bonchev–Trinajstić information content (AvgIpc) is 2.61. The van der Waals surface area contributed by atoms with Gasteiger partial charge in [-0.05, 0) is 61.2 Å². The van der Waals surface area contributed by atoms with Gasteiger partial charge in [0, 0.05) is 17.2 Å². The van der Waals surface area contributed by atoms with E-state index >= 15 is 0 Å². The minimum atomic E-state index is -0.288. The first-order valence-corrected chi connectivity index (χ1v) is 8.40. The highest BCUT2D eigenvalue weighted by molar-refractivity contribution is 5.97. The lowest BCUT2D eigenvalue weighted by Crippen LogP contribution is -2.04. The Morgan fingerprint density at radius 3 is 2.68 bits per heavy atom. The van der Waals surface area contributed by atoms with Gasteiger partial charge in [-0.15, -0.1) is 0 Å². The molecular formula is C22H21NO2. The van der Waals surface area contributed by atoms with Gasteiger partial charge < -0.3 is 4.74 Å². The number of ether oxygens (including phenoxy) is 1. The molecule has 0 saturated carbocycles. The monoisotopic (exact) mass is 331 g/mol. The number of fused-ring (bicyclic) bond motifs is 1. The fourth-order valence-corrected chi connectivity index (χ4v) is 2.92. The van der Waals surface area contributed by atoms with Crippen LogP contribution in [0.15, 0.2) is 60.3 Å².